The summed E-state index contributed by atoms with van der Waals surface area (Å²) in [6.07, 6.45) is 2.24. The molecule has 0 amide bonds. The van der Waals surface area contributed by atoms with Crippen LogP contribution in [0.25, 0.3) is 6.08 Å². The number of nitro benzene ring substituents is 1. The summed E-state index contributed by atoms with van der Waals surface area (Å²) in [5.74, 6) is -0.115. The van der Waals surface area contributed by atoms with Gasteiger partial charge < -0.3 is 10.0 Å². The smallest absolute Gasteiger partial charge is 0.328 e. The van der Waals surface area contributed by atoms with E-state index in [1.54, 1.807) is 12.1 Å². The van der Waals surface area contributed by atoms with E-state index in [1.807, 2.05) is 4.90 Å². The van der Waals surface area contributed by atoms with Crippen LogP contribution in [0.4, 0.5) is 11.4 Å². The molecule has 0 unspecified atom stereocenters. The number of carboxylic acid groups (broad SMARTS) is 1. The van der Waals surface area contributed by atoms with Crippen LogP contribution in [0.2, 0.25) is 0 Å². The van der Waals surface area contributed by atoms with Crippen molar-refractivity contribution >= 4 is 34.2 Å². The Hall–Kier alpha value is -2.22. The lowest BCUT2D eigenvalue weighted by Gasteiger charge is -2.28. The van der Waals surface area contributed by atoms with Crippen LogP contribution in [-0.2, 0) is 15.6 Å². The van der Waals surface area contributed by atoms with Crippen molar-refractivity contribution in [3.63, 3.8) is 0 Å². The molecular formula is C13H14N2O5S. The van der Waals surface area contributed by atoms with Gasteiger partial charge >= 0.3 is 5.97 Å². The Morgan fingerprint density at radius 1 is 1.38 bits per heavy atom. The fraction of sp³-hybridized carbons (Fsp3) is 0.308. The van der Waals surface area contributed by atoms with Crippen LogP contribution in [0, 0.1) is 10.1 Å². The van der Waals surface area contributed by atoms with Crippen molar-refractivity contribution in [1.82, 2.24) is 0 Å². The molecule has 0 aliphatic carbocycles. The van der Waals surface area contributed by atoms with Crippen molar-refractivity contribution in [2.24, 2.45) is 0 Å². The van der Waals surface area contributed by atoms with Gasteiger partial charge in [-0.2, -0.15) is 0 Å². The molecule has 0 radical (unpaired) electrons. The number of nitrogens with zero attached hydrogens (tertiary/aromatic N) is 2. The third-order valence-corrected chi connectivity index (χ3v) is 4.41. The molecule has 0 spiro atoms. The minimum Gasteiger partial charge on any atom is -0.478 e. The fourth-order valence-corrected chi connectivity index (χ4v) is 3.16. The first-order chi connectivity index (χ1) is 9.97. The van der Waals surface area contributed by atoms with Gasteiger partial charge in [0.1, 0.15) is 5.69 Å². The molecule has 112 valence electrons. The third-order valence-electron chi connectivity index (χ3n) is 3.13. The van der Waals surface area contributed by atoms with Crippen molar-refractivity contribution in [2.45, 2.75) is 0 Å². The van der Waals surface area contributed by atoms with Crippen molar-refractivity contribution in [1.29, 1.82) is 0 Å². The lowest BCUT2D eigenvalue weighted by atomic mass is 10.1. The van der Waals surface area contributed by atoms with E-state index in [0.29, 0.717) is 35.8 Å². The largest absolute Gasteiger partial charge is 0.478 e. The second kappa shape index (κ2) is 6.49. The average molecular weight is 310 g/mol. The summed E-state index contributed by atoms with van der Waals surface area (Å²) in [7, 11) is -0.853. The Labute approximate surface area is 123 Å². The van der Waals surface area contributed by atoms with E-state index in [2.05, 4.69) is 0 Å². The maximum Gasteiger partial charge on any atom is 0.328 e. The average Bonchev–Trinajstić information content (AvgIpc) is 2.45. The Kier molecular flexibility index (Phi) is 4.69. The standard InChI is InChI=1S/C13H14N2O5S/c16-13(17)4-2-10-1-3-11(12(9-10)15(18)19)14-5-7-21(20)8-6-14/h1-4,9H,5-8H2,(H,16,17). The molecule has 1 aliphatic rings. The van der Waals surface area contributed by atoms with Crippen LogP contribution >= 0.6 is 0 Å². The van der Waals surface area contributed by atoms with E-state index < -0.39 is 21.7 Å². The van der Waals surface area contributed by atoms with E-state index in [0.717, 1.165) is 6.08 Å². The van der Waals surface area contributed by atoms with Gasteiger partial charge in [0.05, 0.1) is 4.92 Å². The molecule has 1 fully saturated rings. The number of hydrogen-bond acceptors (Lipinski definition) is 5. The number of carboxylic acids is 1. The first-order valence-corrected chi connectivity index (χ1v) is 7.75. The van der Waals surface area contributed by atoms with Crippen LogP contribution in [-0.4, -0.2) is 44.8 Å². The van der Waals surface area contributed by atoms with Gasteiger partial charge in [-0.05, 0) is 17.7 Å². The zero-order valence-electron chi connectivity index (χ0n) is 11.1. The zero-order valence-corrected chi connectivity index (χ0v) is 11.9. The summed E-state index contributed by atoms with van der Waals surface area (Å²) in [5, 5.41) is 19.8. The summed E-state index contributed by atoms with van der Waals surface area (Å²) < 4.78 is 11.3. The first-order valence-electron chi connectivity index (χ1n) is 6.27. The molecule has 1 N–H and O–H groups in total. The normalized spacial score (nSPS) is 16.3. The highest BCUT2D eigenvalue weighted by molar-refractivity contribution is 7.85. The highest BCUT2D eigenvalue weighted by atomic mass is 32.2. The van der Waals surface area contributed by atoms with Gasteiger partial charge in [-0.15, -0.1) is 0 Å². The van der Waals surface area contributed by atoms with Crippen molar-refractivity contribution in [3.8, 4) is 0 Å². The van der Waals surface area contributed by atoms with Gasteiger partial charge in [0.2, 0.25) is 0 Å². The van der Waals surface area contributed by atoms with Crippen molar-refractivity contribution in [2.75, 3.05) is 29.5 Å². The highest BCUT2D eigenvalue weighted by Crippen LogP contribution is 2.30. The topological polar surface area (TPSA) is 101 Å². The molecule has 21 heavy (non-hydrogen) atoms. The zero-order chi connectivity index (χ0) is 15.4. The van der Waals surface area contributed by atoms with Gasteiger partial charge in [-0.1, -0.05) is 6.07 Å². The van der Waals surface area contributed by atoms with Crippen LogP contribution in [0.5, 0.6) is 0 Å². The molecule has 1 saturated heterocycles. The summed E-state index contributed by atoms with van der Waals surface area (Å²) in [4.78, 5) is 23.0. The Balaban J connectivity index is 2.31. The summed E-state index contributed by atoms with van der Waals surface area (Å²) in [6, 6.07) is 4.58. The molecule has 1 heterocycles. The molecule has 8 heteroatoms. The molecular weight excluding hydrogens is 296 g/mol. The van der Waals surface area contributed by atoms with E-state index >= 15 is 0 Å². The highest BCUT2D eigenvalue weighted by Gasteiger charge is 2.23. The molecule has 1 aromatic carbocycles. The van der Waals surface area contributed by atoms with Crippen molar-refractivity contribution in [3.05, 3.63) is 40.0 Å². The Morgan fingerprint density at radius 2 is 2.05 bits per heavy atom. The van der Waals surface area contributed by atoms with E-state index in [1.165, 1.54) is 12.1 Å². The maximum absolute atomic E-state index is 11.3. The molecule has 2 rings (SSSR count). The quantitative estimate of drug-likeness (QED) is 0.510. The van der Waals surface area contributed by atoms with Gasteiger partial charge in [-0.3, -0.25) is 14.3 Å². The molecule has 1 aliphatic heterocycles. The molecule has 7 nitrogen and oxygen atoms in total. The van der Waals surface area contributed by atoms with Gasteiger partial charge in [0, 0.05) is 47.5 Å². The number of anilines is 1. The van der Waals surface area contributed by atoms with E-state index in [-0.39, 0.29) is 5.69 Å². The lowest BCUT2D eigenvalue weighted by molar-refractivity contribution is -0.384. The van der Waals surface area contributed by atoms with Crippen LogP contribution in [0.15, 0.2) is 24.3 Å². The number of carbonyl (C=O) groups is 1. The van der Waals surface area contributed by atoms with Gasteiger partial charge in [0.25, 0.3) is 5.69 Å². The van der Waals surface area contributed by atoms with Gasteiger partial charge in [0.15, 0.2) is 0 Å². The minimum atomic E-state index is -1.11. The van der Waals surface area contributed by atoms with Crippen LogP contribution in [0.3, 0.4) is 0 Å². The van der Waals surface area contributed by atoms with Crippen LogP contribution in [0.1, 0.15) is 5.56 Å². The van der Waals surface area contributed by atoms with Gasteiger partial charge in [-0.25, -0.2) is 4.79 Å². The number of hydrogen-bond donors (Lipinski definition) is 1. The Bertz CT molecular complexity index is 619. The predicted molar refractivity (Wildman–Crippen MR) is 79.9 cm³/mol. The second-order valence-electron chi connectivity index (χ2n) is 4.51. The summed E-state index contributed by atoms with van der Waals surface area (Å²) in [6.45, 7) is 1.02. The molecule has 0 saturated carbocycles. The lowest BCUT2D eigenvalue weighted by Crippen LogP contribution is -2.38. The number of rotatable bonds is 4. The number of nitro groups is 1. The second-order valence-corrected chi connectivity index (χ2v) is 6.21. The molecule has 1 aromatic rings. The summed E-state index contributed by atoms with van der Waals surface area (Å²) >= 11 is 0. The number of aliphatic carboxylic acids is 1. The molecule has 0 atom stereocenters. The van der Waals surface area contributed by atoms with Crippen molar-refractivity contribution < 1.29 is 19.0 Å². The van der Waals surface area contributed by atoms with E-state index in [9.17, 15) is 19.1 Å². The predicted octanol–water partition coefficient (Wildman–Crippen LogP) is 1.26. The van der Waals surface area contributed by atoms with E-state index in [4.69, 9.17) is 5.11 Å². The fourth-order valence-electron chi connectivity index (χ4n) is 2.10. The molecule has 0 bridgehead atoms. The maximum atomic E-state index is 11.3. The summed E-state index contributed by atoms with van der Waals surface area (Å²) in [5.41, 5.74) is 0.854. The monoisotopic (exact) mass is 310 g/mol. The third kappa shape index (κ3) is 3.88. The first kappa shape index (κ1) is 15.2. The number of benzene rings is 1. The molecule has 0 aromatic heterocycles. The van der Waals surface area contributed by atoms with Crippen LogP contribution < -0.4 is 4.90 Å². The SMILES string of the molecule is O=C(O)C=Cc1ccc(N2CCS(=O)CC2)c([N+](=O)[O-])c1. The minimum absolute atomic E-state index is 0.0739. The Morgan fingerprint density at radius 3 is 2.62 bits per heavy atom.